The molecule has 2 aromatic rings. The van der Waals surface area contributed by atoms with Crippen LogP contribution in [0, 0.1) is 0 Å². The van der Waals surface area contributed by atoms with Gasteiger partial charge in [-0.15, -0.1) is 0 Å². The summed E-state index contributed by atoms with van der Waals surface area (Å²) >= 11 is 2.58. The molecule has 0 aliphatic carbocycles. The second-order valence-electron chi connectivity index (χ2n) is 3.34. The van der Waals surface area contributed by atoms with Gasteiger partial charge in [0.2, 0.25) is 0 Å². The molecule has 0 aromatic heterocycles. The van der Waals surface area contributed by atoms with Crippen molar-refractivity contribution in [1.82, 2.24) is 0 Å². The van der Waals surface area contributed by atoms with Gasteiger partial charge in [-0.05, 0) is 38.5 Å². The van der Waals surface area contributed by atoms with E-state index in [4.69, 9.17) is 0 Å². The lowest BCUT2D eigenvalue weighted by molar-refractivity contribution is 1.41. The Kier molecular flexibility index (Phi) is 4.16. The van der Waals surface area contributed by atoms with E-state index < -0.39 is 0 Å². The van der Waals surface area contributed by atoms with E-state index in [2.05, 4.69) is 82.7 Å². The third-order valence-corrected chi connectivity index (χ3v) is 6.40. The zero-order valence-corrected chi connectivity index (χ0v) is 11.4. The molecule has 1 unspecified atom stereocenters. The van der Waals surface area contributed by atoms with Gasteiger partial charge in [0.15, 0.2) is 0 Å². The van der Waals surface area contributed by atoms with E-state index in [0.29, 0.717) is 0 Å². The average molecular weight is 326 g/mol. The molecule has 0 saturated carbocycles. The van der Waals surface area contributed by atoms with Gasteiger partial charge in [0.05, 0.1) is 0 Å². The third-order valence-electron chi connectivity index (χ3n) is 2.20. The van der Waals surface area contributed by atoms with Crippen molar-refractivity contribution in [1.29, 1.82) is 0 Å². The summed E-state index contributed by atoms with van der Waals surface area (Å²) in [6.45, 7) is 0. The molecule has 15 heavy (non-hydrogen) atoms. The molecule has 0 bridgehead atoms. The van der Waals surface area contributed by atoms with Gasteiger partial charge < -0.3 is 0 Å². The highest BCUT2D eigenvalue weighted by Crippen LogP contribution is 2.46. The number of halogens is 1. The Balaban J connectivity index is 2.08. The minimum Gasteiger partial charge on any atom is -0.0622 e. The zero-order valence-electron chi connectivity index (χ0n) is 8.31. The van der Waals surface area contributed by atoms with Crippen molar-refractivity contribution in [2.45, 2.75) is 6.16 Å². The predicted molar refractivity (Wildman–Crippen MR) is 77.2 cm³/mol. The fraction of sp³-hybridized carbons (Fsp3) is 0.0769. The van der Waals surface area contributed by atoms with Crippen LogP contribution in [0.3, 0.4) is 0 Å². The molecular weight excluding hydrogens is 314 g/mol. The summed E-state index contributed by atoms with van der Waals surface area (Å²) < 4.78 is 0. The molecule has 1 atom stereocenters. The summed E-state index contributed by atoms with van der Waals surface area (Å²) in [5, 5.41) is 1.47. The second-order valence-corrected chi connectivity index (χ2v) is 8.39. The monoisotopic (exact) mass is 326 g/mol. The lowest BCUT2D eigenvalue weighted by atomic mass is 10.2. The normalized spacial score (nSPS) is 12.3. The summed E-state index contributed by atoms with van der Waals surface area (Å²) in [5.41, 5.74) is 1.35. The van der Waals surface area contributed by atoms with Crippen LogP contribution in [0.2, 0.25) is 0 Å². The lowest BCUT2D eigenvalue weighted by Gasteiger charge is -2.10. The first-order valence-corrected chi connectivity index (χ1v) is 9.20. The van der Waals surface area contributed by atoms with Crippen molar-refractivity contribution in [3.8, 4) is 0 Å². The molecule has 0 nitrogen and oxygen atoms in total. The molecule has 0 spiro atoms. The lowest BCUT2D eigenvalue weighted by Crippen LogP contribution is -1.96. The highest BCUT2D eigenvalue weighted by Gasteiger charge is 2.06. The molecule has 0 fully saturated rings. The molecule has 0 aliphatic rings. The highest BCUT2D eigenvalue weighted by molar-refractivity contribution is 14.2. The summed E-state index contributed by atoms with van der Waals surface area (Å²) in [4.78, 5) is 0. The van der Waals surface area contributed by atoms with Gasteiger partial charge in [-0.3, -0.25) is 0 Å². The average Bonchev–Trinajstić information content (AvgIpc) is 2.31. The minimum absolute atomic E-state index is 0.0820. The van der Waals surface area contributed by atoms with E-state index in [1.807, 2.05) is 0 Å². The molecule has 0 heterocycles. The van der Waals surface area contributed by atoms with Gasteiger partial charge in [0.25, 0.3) is 0 Å². The second kappa shape index (κ2) is 5.62. The molecule has 0 aliphatic heterocycles. The Labute approximate surface area is 105 Å². The standard InChI is InChI=1S/C13H12IP/c14-15(13-9-5-2-6-10-13)11-12-7-3-1-4-8-12/h1-10H,11H2. The van der Waals surface area contributed by atoms with Gasteiger partial charge in [-0.25, -0.2) is 0 Å². The number of hydrogen-bond donors (Lipinski definition) is 0. The third kappa shape index (κ3) is 3.29. The van der Waals surface area contributed by atoms with E-state index >= 15 is 0 Å². The van der Waals surface area contributed by atoms with Crippen LogP contribution in [0.15, 0.2) is 60.7 Å². The van der Waals surface area contributed by atoms with Crippen LogP contribution in [0.4, 0.5) is 0 Å². The molecule has 0 amide bonds. The van der Waals surface area contributed by atoms with Gasteiger partial charge >= 0.3 is 0 Å². The van der Waals surface area contributed by atoms with Crippen LogP contribution in [0.5, 0.6) is 0 Å². The molecular formula is C13H12IP. The van der Waals surface area contributed by atoms with Crippen molar-refractivity contribution >= 4 is 32.9 Å². The van der Waals surface area contributed by atoms with Crippen LogP contribution in [0.1, 0.15) is 5.56 Å². The minimum atomic E-state index is -0.0820. The Hall–Kier alpha value is -0.400. The van der Waals surface area contributed by atoms with Crippen molar-refractivity contribution in [2.24, 2.45) is 0 Å². The Bertz CT molecular complexity index is 399. The fourth-order valence-electron chi connectivity index (χ4n) is 1.42. The maximum absolute atomic E-state index is 2.58. The van der Waals surface area contributed by atoms with Gasteiger partial charge in [-0.1, -0.05) is 60.7 Å². The quantitative estimate of drug-likeness (QED) is 0.581. The van der Waals surface area contributed by atoms with Crippen molar-refractivity contribution in [3.63, 3.8) is 0 Å². The van der Waals surface area contributed by atoms with Crippen molar-refractivity contribution in [3.05, 3.63) is 66.2 Å². The highest BCUT2D eigenvalue weighted by atomic mass is 127. The fourth-order valence-corrected chi connectivity index (χ4v) is 4.78. The van der Waals surface area contributed by atoms with E-state index in [-0.39, 0.29) is 5.56 Å². The summed E-state index contributed by atoms with van der Waals surface area (Å²) in [6, 6.07) is 21.5. The maximum Gasteiger partial charge on any atom is 0.00579 e. The first-order chi connectivity index (χ1) is 7.36. The Morgan fingerprint density at radius 2 is 1.33 bits per heavy atom. The van der Waals surface area contributed by atoms with E-state index in [0.717, 1.165) is 0 Å². The summed E-state index contributed by atoms with van der Waals surface area (Å²) in [7, 11) is 0. The topological polar surface area (TPSA) is 0 Å². The summed E-state index contributed by atoms with van der Waals surface area (Å²) in [6.07, 6.45) is 1.17. The zero-order chi connectivity index (χ0) is 10.5. The van der Waals surface area contributed by atoms with Crippen LogP contribution < -0.4 is 5.30 Å². The molecule has 76 valence electrons. The first-order valence-electron chi connectivity index (χ1n) is 4.88. The van der Waals surface area contributed by atoms with Crippen molar-refractivity contribution in [2.75, 3.05) is 0 Å². The molecule has 2 aromatic carbocycles. The largest absolute Gasteiger partial charge is 0.0622 e. The van der Waals surface area contributed by atoms with Crippen LogP contribution in [-0.4, -0.2) is 0 Å². The first kappa shape index (κ1) is 11.1. The van der Waals surface area contributed by atoms with E-state index in [1.54, 1.807) is 0 Å². The molecule has 0 N–H and O–H groups in total. The van der Waals surface area contributed by atoms with Crippen LogP contribution in [0.25, 0.3) is 0 Å². The summed E-state index contributed by atoms with van der Waals surface area (Å²) in [5.74, 6) is 0. The Morgan fingerprint density at radius 1 is 0.800 bits per heavy atom. The van der Waals surface area contributed by atoms with Gasteiger partial charge in [0.1, 0.15) is 0 Å². The molecule has 2 rings (SSSR count). The SMILES string of the molecule is IP(Cc1ccccc1)c1ccccc1. The van der Waals surface area contributed by atoms with Gasteiger partial charge in [0, 0.05) is 6.16 Å². The molecule has 0 saturated heterocycles. The van der Waals surface area contributed by atoms with E-state index in [1.165, 1.54) is 17.0 Å². The Morgan fingerprint density at radius 3 is 1.93 bits per heavy atom. The van der Waals surface area contributed by atoms with E-state index in [9.17, 15) is 0 Å². The number of rotatable bonds is 3. The molecule has 2 heteroatoms. The van der Waals surface area contributed by atoms with Crippen LogP contribution in [-0.2, 0) is 6.16 Å². The van der Waals surface area contributed by atoms with Gasteiger partial charge in [-0.2, -0.15) is 0 Å². The predicted octanol–water partition coefficient (Wildman–Crippen LogP) is 4.34. The van der Waals surface area contributed by atoms with Crippen molar-refractivity contribution < 1.29 is 0 Å². The number of benzene rings is 2. The number of hydrogen-bond acceptors (Lipinski definition) is 0. The maximum atomic E-state index is 2.58. The molecule has 0 radical (unpaired) electrons. The smallest absolute Gasteiger partial charge is 0.00579 e. The van der Waals surface area contributed by atoms with Crippen LogP contribution >= 0.6 is 27.6 Å².